The lowest BCUT2D eigenvalue weighted by atomic mass is 9.85. The van der Waals surface area contributed by atoms with E-state index in [2.05, 4.69) is 200 Å². The second-order valence-electron chi connectivity index (χ2n) is 13.7. The van der Waals surface area contributed by atoms with E-state index in [9.17, 15) is 0 Å². The number of aromatic nitrogens is 2. The van der Waals surface area contributed by atoms with Crippen LogP contribution in [0.2, 0.25) is 0 Å². The topological polar surface area (TPSA) is 25.8 Å². The fraction of sp³-hybridized carbons (Fsp3) is 0. The third-order valence-electron chi connectivity index (χ3n) is 10.5. The highest BCUT2D eigenvalue weighted by Crippen LogP contribution is 2.46. The Morgan fingerprint density at radius 1 is 0.278 bits per heavy atom. The molecule has 0 aliphatic carbocycles. The first-order chi connectivity index (χ1) is 26.8. The molecule has 0 atom stereocenters. The predicted octanol–water partition coefficient (Wildman–Crippen LogP) is 13.9. The lowest BCUT2D eigenvalue weighted by molar-refractivity contribution is 1.19. The molecule has 252 valence electrons. The van der Waals surface area contributed by atoms with E-state index in [1.54, 1.807) is 0 Å². The molecule has 0 N–H and O–H groups in total. The van der Waals surface area contributed by atoms with Crippen molar-refractivity contribution in [3.63, 3.8) is 0 Å². The van der Waals surface area contributed by atoms with Crippen molar-refractivity contribution in [1.82, 2.24) is 9.97 Å². The summed E-state index contributed by atoms with van der Waals surface area (Å²) in [6, 6.07) is 73.4. The minimum absolute atomic E-state index is 0.696. The predicted molar refractivity (Wildman–Crippen MR) is 227 cm³/mol. The second kappa shape index (κ2) is 13.4. The van der Waals surface area contributed by atoms with Gasteiger partial charge < -0.3 is 0 Å². The van der Waals surface area contributed by atoms with Crippen LogP contribution in [0.5, 0.6) is 0 Å². The van der Waals surface area contributed by atoms with Crippen molar-refractivity contribution in [1.29, 1.82) is 0 Å². The van der Waals surface area contributed by atoms with Gasteiger partial charge >= 0.3 is 0 Å². The van der Waals surface area contributed by atoms with E-state index < -0.39 is 0 Å². The first-order valence-electron chi connectivity index (χ1n) is 18.4. The summed E-state index contributed by atoms with van der Waals surface area (Å²) in [7, 11) is 0. The lowest BCUT2D eigenvalue weighted by Gasteiger charge is -2.20. The molecule has 0 amide bonds. The van der Waals surface area contributed by atoms with Gasteiger partial charge in [-0.25, -0.2) is 9.97 Å². The third-order valence-corrected chi connectivity index (χ3v) is 10.5. The van der Waals surface area contributed by atoms with Crippen LogP contribution in [0, 0.1) is 0 Å². The lowest BCUT2D eigenvalue weighted by Crippen LogP contribution is -1.99. The summed E-state index contributed by atoms with van der Waals surface area (Å²) in [4.78, 5) is 10.8. The van der Waals surface area contributed by atoms with Gasteiger partial charge in [-0.05, 0) is 66.4 Å². The Hall–Kier alpha value is -7.16. The van der Waals surface area contributed by atoms with Gasteiger partial charge in [-0.3, -0.25) is 0 Å². The van der Waals surface area contributed by atoms with E-state index in [0.717, 1.165) is 44.6 Å². The molecule has 0 radical (unpaired) electrons. The number of fused-ring (bicyclic) bond motifs is 4. The van der Waals surface area contributed by atoms with E-state index >= 15 is 0 Å². The van der Waals surface area contributed by atoms with Crippen molar-refractivity contribution < 1.29 is 0 Å². The maximum absolute atomic E-state index is 5.45. The average molecular weight is 687 g/mol. The molecular formula is C52H34N2. The van der Waals surface area contributed by atoms with Crippen LogP contribution in [-0.2, 0) is 0 Å². The minimum Gasteiger partial charge on any atom is -0.228 e. The Kier molecular flexibility index (Phi) is 7.85. The Balaban J connectivity index is 1.27. The number of benzene rings is 9. The smallest absolute Gasteiger partial charge is 0.160 e. The Morgan fingerprint density at radius 3 is 1.48 bits per heavy atom. The van der Waals surface area contributed by atoms with Crippen molar-refractivity contribution in [2.75, 3.05) is 0 Å². The molecule has 0 aliphatic heterocycles. The zero-order valence-corrected chi connectivity index (χ0v) is 29.5. The van der Waals surface area contributed by atoms with Crippen molar-refractivity contribution in [2.45, 2.75) is 0 Å². The summed E-state index contributed by atoms with van der Waals surface area (Å²) in [6.07, 6.45) is 0. The molecular weight excluding hydrogens is 653 g/mol. The molecule has 2 nitrogen and oxygen atoms in total. The molecule has 0 unspecified atom stereocenters. The van der Waals surface area contributed by atoms with Crippen LogP contribution in [0.4, 0.5) is 0 Å². The summed E-state index contributed by atoms with van der Waals surface area (Å²) >= 11 is 0. The zero-order valence-electron chi connectivity index (χ0n) is 29.5. The van der Waals surface area contributed by atoms with Gasteiger partial charge in [0.1, 0.15) is 0 Å². The summed E-state index contributed by atoms with van der Waals surface area (Å²) in [6.45, 7) is 0. The van der Waals surface area contributed by atoms with Gasteiger partial charge in [-0.1, -0.05) is 200 Å². The Labute approximate surface area is 314 Å². The van der Waals surface area contributed by atoms with Crippen molar-refractivity contribution in [3.8, 4) is 67.3 Å². The van der Waals surface area contributed by atoms with Crippen LogP contribution < -0.4 is 0 Å². The number of hydrogen-bond acceptors (Lipinski definition) is 2. The highest BCUT2D eigenvalue weighted by Gasteiger charge is 2.22. The molecule has 0 spiro atoms. The van der Waals surface area contributed by atoms with E-state index in [1.807, 2.05) is 6.07 Å². The van der Waals surface area contributed by atoms with Crippen LogP contribution in [0.15, 0.2) is 206 Å². The van der Waals surface area contributed by atoms with Gasteiger partial charge in [0, 0.05) is 22.1 Å². The number of nitrogens with zero attached hydrogens (tertiary/aromatic N) is 2. The van der Waals surface area contributed by atoms with Crippen LogP contribution in [-0.4, -0.2) is 9.97 Å². The standard InChI is InChI=1S/C52H34N2/c1-4-16-35(17-5-1)36-28-30-38(31-29-36)41-23-12-13-25-43(41)47-34-48(54-52(53-47)40-21-8-3-9-22-40)51-45-27-15-14-26-44(45)49(39-19-6-2-7-20-39)46-33-32-37-18-10-11-24-42(37)50(46)51/h1-34H. The van der Waals surface area contributed by atoms with E-state index in [0.29, 0.717) is 5.82 Å². The largest absolute Gasteiger partial charge is 0.228 e. The monoisotopic (exact) mass is 686 g/mol. The van der Waals surface area contributed by atoms with Gasteiger partial charge in [-0.15, -0.1) is 0 Å². The maximum atomic E-state index is 5.45. The van der Waals surface area contributed by atoms with E-state index in [-0.39, 0.29) is 0 Å². The molecule has 10 rings (SSSR count). The van der Waals surface area contributed by atoms with Crippen LogP contribution >= 0.6 is 0 Å². The molecule has 1 aromatic heterocycles. The molecule has 2 heteroatoms. The molecule has 0 saturated carbocycles. The second-order valence-corrected chi connectivity index (χ2v) is 13.7. The van der Waals surface area contributed by atoms with E-state index in [1.165, 1.54) is 49.2 Å². The van der Waals surface area contributed by atoms with Gasteiger partial charge in [0.25, 0.3) is 0 Å². The van der Waals surface area contributed by atoms with Crippen molar-refractivity contribution in [3.05, 3.63) is 206 Å². The first-order valence-corrected chi connectivity index (χ1v) is 18.4. The summed E-state index contributed by atoms with van der Waals surface area (Å²) < 4.78 is 0. The summed E-state index contributed by atoms with van der Waals surface area (Å²) in [5.41, 5.74) is 12.0. The highest BCUT2D eigenvalue weighted by molar-refractivity contribution is 6.27. The minimum atomic E-state index is 0.696. The SMILES string of the molecule is c1ccc(-c2ccc(-c3ccccc3-c3cc(-c4c5ccccc5c(-c5ccccc5)c5ccc6ccccc6c45)nc(-c4ccccc4)n3)cc2)cc1. The zero-order chi connectivity index (χ0) is 35.8. The summed E-state index contributed by atoms with van der Waals surface area (Å²) in [5, 5.41) is 7.15. The molecule has 0 bridgehead atoms. The van der Waals surface area contributed by atoms with Gasteiger partial charge in [0.05, 0.1) is 11.4 Å². The third kappa shape index (κ3) is 5.53. The molecule has 1 heterocycles. The average Bonchev–Trinajstić information content (AvgIpc) is 3.26. The van der Waals surface area contributed by atoms with Crippen molar-refractivity contribution in [2.24, 2.45) is 0 Å². The van der Waals surface area contributed by atoms with Gasteiger partial charge in [-0.2, -0.15) is 0 Å². The van der Waals surface area contributed by atoms with Crippen LogP contribution in [0.1, 0.15) is 0 Å². The molecule has 0 aliphatic rings. The molecule has 54 heavy (non-hydrogen) atoms. The fourth-order valence-corrected chi connectivity index (χ4v) is 7.99. The van der Waals surface area contributed by atoms with Gasteiger partial charge in [0.15, 0.2) is 5.82 Å². The van der Waals surface area contributed by atoms with Crippen LogP contribution in [0.25, 0.3) is 99.6 Å². The molecule has 9 aromatic carbocycles. The molecule has 0 saturated heterocycles. The first kappa shape index (κ1) is 31.6. The quantitative estimate of drug-likeness (QED) is 0.129. The van der Waals surface area contributed by atoms with E-state index in [4.69, 9.17) is 9.97 Å². The maximum Gasteiger partial charge on any atom is 0.160 e. The van der Waals surface area contributed by atoms with Crippen LogP contribution in [0.3, 0.4) is 0 Å². The Morgan fingerprint density at radius 2 is 0.778 bits per heavy atom. The number of hydrogen-bond donors (Lipinski definition) is 0. The van der Waals surface area contributed by atoms with Gasteiger partial charge in [0.2, 0.25) is 0 Å². The number of rotatable bonds is 6. The fourth-order valence-electron chi connectivity index (χ4n) is 7.99. The Bertz CT molecular complexity index is 2950. The normalized spacial score (nSPS) is 11.3. The molecule has 10 aromatic rings. The summed E-state index contributed by atoms with van der Waals surface area (Å²) in [5.74, 6) is 0.696. The molecule has 0 fully saturated rings. The highest BCUT2D eigenvalue weighted by atomic mass is 14.9. The van der Waals surface area contributed by atoms with Crippen molar-refractivity contribution >= 4 is 32.3 Å².